The summed E-state index contributed by atoms with van der Waals surface area (Å²) < 4.78 is 11.5. The number of ether oxygens (including phenoxy) is 2. The zero-order chi connectivity index (χ0) is 13.4. The molecule has 0 aromatic heterocycles. The Kier molecular flexibility index (Phi) is 6.53. The minimum atomic E-state index is 0.0553. The second kappa shape index (κ2) is 7.94. The molecule has 0 spiro atoms. The Morgan fingerprint density at radius 1 is 1.39 bits per heavy atom. The lowest BCUT2D eigenvalue weighted by molar-refractivity contribution is 0.101. The number of nitrogens with zero attached hydrogens (tertiary/aromatic N) is 1. The normalized spacial score (nSPS) is 11.6. The molecular weight excluding hydrogens is 300 g/mol. The lowest BCUT2D eigenvalue weighted by Gasteiger charge is -2.09. The van der Waals surface area contributed by atoms with Crippen molar-refractivity contribution in [2.45, 2.75) is 13.3 Å². The maximum Gasteiger partial charge on any atom is 0.171 e. The highest BCUT2D eigenvalue weighted by Gasteiger charge is 2.06. The third-order valence-corrected chi connectivity index (χ3v) is 2.83. The Morgan fingerprint density at radius 3 is 2.78 bits per heavy atom. The Balaban J connectivity index is 2.51. The van der Waals surface area contributed by atoms with Crippen molar-refractivity contribution in [1.29, 1.82) is 0 Å². The van der Waals surface area contributed by atoms with Gasteiger partial charge in [-0.05, 0) is 40.5 Å². The molecule has 0 bridgehead atoms. The number of rotatable bonds is 7. The van der Waals surface area contributed by atoms with Crippen LogP contribution in [0.15, 0.2) is 27.8 Å². The molecule has 100 valence electrons. The largest absolute Gasteiger partial charge is 0.491 e. The van der Waals surface area contributed by atoms with E-state index in [0.29, 0.717) is 29.0 Å². The lowest BCUT2D eigenvalue weighted by Crippen LogP contribution is -2.14. The van der Waals surface area contributed by atoms with Crippen LogP contribution >= 0.6 is 15.9 Å². The van der Waals surface area contributed by atoms with Crippen LogP contribution in [0.2, 0.25) is 0 Å². The molecule has 0 aliphatic carbocycles. The molecular formula is C12H17BrN2O3. The maximum absolute atomic E-state index is 8.60. The Morgan fingerprint density at radius 2 is 2.17 bits per heavy atom. The first-order valence-corrected chi connectivity index (χ1v) is 6.46. The average Bonchev–Trinajstić information content (AvgIpc) is 2.38. The van der Waals surface area contributed by atoms with Gasteiger partial charge in [0.2, 0.25) is 0 Å². The van der Waals surface area contributed by atoms with Gasteiger partial charge in [-0.25, -0.2) is 0 Å². The summed E-state index contributed by atoms with van der Waals surface area (Å²) in [5, 5.41) is 11.5. The number of benzene rings is 1. The molecule has 0 amide bonds. The van der Waals surface area contributed by atoms with E-state index < -0.39 is 0 Å². The third-order valence-electron chi connectivity index (χ3n) is 2.17. The zero-order valence-electron chi connectivity index (χ0n) is 10.2. The first-order valence-electron chi connectivity index (χ1n) is 5.67. The molecule has 0 radical (unpaired) electrons. The van der Waals surface area contributed by atoms with E-state index in [-0.39, 0.29) is 5.84 Å². The first kappa shape index (κ1) is 14.8. The van der Waals surface area contributed by atoms with Gasteiger partial charge < -0.3 is 20.4 Å². The van der Waals surface area contributed by atoms with Crippen LogP contribution in [0.25, 0.3) is 0 Å². The number of hydrogen-bond donors (Lipinski definition) is 2. The van der Waals surface area contributed by atoms with Crippen LogP contribution in [0, 0.1) is 0 Å². The van der Waals surface area contributed by atoms with Crippen molar-refractivity contribution in [1.82, 2.24) is 0 Å². The summed E-state index contributed by atoms with van der Waals surface area (Å²) in [6.07, 6.45) is 1.00. The fourth-order valence-electron chi connectivity index (χ4n) is 1.31. The van der Waals surface area contributed by atoms with Crippen molar-refractivity contribution in [3.05, 3.63) is 28.2 Å². The predicted molar refractivity (Wildman–Crippen MR) is 73.3 cm³/mol. The van der Waals surface area contributed by atoms with E-state index in [4.69, 9.17) is 20.4 Å². The highest BCUT2D eigenvalue weighted by atomic mass is 79.9. The second-order valence-corrected chi connectivity index (χ2v) is 4.44. The molecule has 0 atom stereocenters. The van der Waals surface area contributed by atoms with Crippen molar-refractivity contribution < 1.29 is 14.7 Å². The van der Waals surface area contributed by atoms with E-state index in [1.807, 2.05) is 0 Å². The molecule has 0 fully saturated rings. The van der Waals surface area contributed by atoms with Gasteiger partial charge in [-0.15, -0.1) is 0 Å². The monoisotopic (exact) mass is 316 g/mol. The molecule has 0 unspecified atom stereocenters. The van der Waals surface area contributed by atoms with Crippen molar-refractivity contribution in [2.75, 3.05) is 19.8 Å². The third kappa shape index (κ3) is 4.54. The molecule has 1 aromatic rings. The summed E-state index contributed by atoms with van der Waals surface area (Å²) in [5.41, 5.74) is 6.13. The number of hydrogen-bond acceptors (Lipinski definition) is 4. The minimum Gasteiger partial charge on any atom is -0.491 e. The summed E-state index contributed by atoms with van der Waals surface area (Å²) in [6, 6.07) is 5.26. The Labute approximate surface area is 115 Å². The highest BCUT2D eigenvalue weighted by molar-refractivity contribution is 9.10. The predicted octanol–water partition coefficient (Wildman–Crippen LogP) is 2.35. The van der Waals surface area contributed by atoms with Crippen molar-refractivity contribution in [3.8, 4) is 5.75 Å². The fraction of sp³-hybridized carbons (Fsp3) is 0.417. The molecule has 18 heavy (non-hydrogen) atoms. The minimum absolute atomic E-state index is 0.0553. The van der Waals surface area contributed by atoms with Crippen molar-refractivity contribution in [3.63, 3.8) is 0 Å². The Hall–Kier alpha value is -1.27. The van der Waals surface area contributed by atoms with Gasteiger partial charge in [0, 0.05) is 16.6 Å². The van der Waals surface area contributed by atoms with Crippen LogP contribution in [-0.4, -0.2) is 30.9 Å². The van der Waals surface area contributed by atoms with E-state index in [1.165, 1.54) is 0 Å². The molecule has 6 heteroatoms. The summed E-state index contributed by atoms with van der Waals surface area (Å²) in [7, 11) is 0. The molecule has 3 N–H and O–H groups in total. The SMILES string of the molecule is CCCOCCOc1ccc(/C(N)=N/O)c(Br)c1. The van der Waals surface area contributed by atoms with Crippen molar-refractivity contribution >= 4 is 21.8 Å². The van der Waals surface area contributed by atoms with E-state index in [2.05, 4.69) is 28.0 Å². The fourth-order valence-corrected chi connectivity index (χ4v) is 1.87. The lowest BCUT2D eigenvalue weighted by atomic mass is 10.2. The quantitative estimate of drug-likeness (QED) is 0.266. The van der Waals surface area contributed by atoms with Crippen LogP contribution in [-0.2, 0) is 4.74 Å². The molecule has 0 saturated heterocycles. The molecule has 0 saturated carbocycles. The van der Waals surface area contributed by atoms with Gasteiger partial charge in [0.15, 0.2) is 5.84 Å². The molecule has 0 heterocycles. The number of halogens is 1. The standard InChI is InChI=1S/C12H17BrN2O3/c1-2-5-17-6-7-18-9-3-4-10(11(13)8-9)12(14)15-16/h3-4,8,16H,2,5-7H2,1H3,(H2,14,15). The van der Waals surface area contributed by atoms with Crippen LogP contribution < -0.4 is 10.5 Å². The molecule has 5 nitrogen and oxygen atoms in total. The summed E-state index contributed by atoms with van der Waals surface area (Å²) in [4.78, 5) is 0. The summed E-state index contributed by atoms with van der Waals surface area (Å²) in [5.74, 6) is 0.760. The summed E-state index contributed by atoms with van der Waals surface area (Å²) >= 11 is 3.34. The number of oxime groups is 1. The zero-order valence-corrected chi connectivity index (χ0v) is 11.8. The topological polar surface area (TPSA) is 77.1 Å². The van der Waals surface area contributed by atoms with Gasteiger partial charge in [0.25, 0.3) is 0 Å². The van der Waals surface area contributed by atoms with Gasteiger partial charge in [0.1, 0.15) is 12.4 Å². The Bertz CT molecular complexity index is 410. The van der Waals surface area contributed by atoms with E-state index in [9.17, 15) is 0 Å². The molecule has 0 aliphatic rings. The smallest absolute Gasteiger partial charge is 0.171 e. The van der Waals surface area contributed by atoms with E-state index in [0.717, 1.165) is 13.0 Å². The van der Waals surface area contributed by atoms with Gasteiger partial charge in [-0.3, -0.25) is 0 Å². The maximum atomic E-state index is 8.60. The van der Waals surface area contributed by atoms with Gasteiger partial charge in [-0.1, -0.05) is 12.1 Å². The van der Waals surface area contributed by atoms with Crippen LogP contribution in [0.4, 0.5) is 0 Å². The van der Waals surface area contributed by atoms with Crippen LogP contribution in [0.5, 0.6) is 5.75 Å². The number of amidine groups is 1. The van der Waals surface area contributed by atoms with Gasteiger partial charge >= 0.3 is 0 Å². The van der Waals surface area contributed by atoms with Crippen molar-refractivity contribution in [2.24, 2.45) is 10.9 Å². The molecule has 1 rings (SSSR count). The average molecular weight is 317 g/mol. The van der Waals surface area contributed by atoms with Crippen LogP contribution in [0.1, 0.15) is 18.9 Å². The van der Waals surface area contributed by atoms with E-state index in [1.54, 1.807) is 18.2 Å². The van der Waals surface area contributed by atoms with Gasteiger partial charge in [0.05, 0.1) is 6.61 Å². The van der Waals surface area contributed by atoms with Crippen LogP contribution in [0.3, 0.4) is 0 Å². The highest BCUT2D eigenvalue weighted by Crippen LogP contribution is 2.22. The first-order chi connectivity index (χ1) is 8.69. The number of nitrogens with two attached hydrogens (primary N) is 1. The molecule has 1 aromatic carbocycles. The van der Waals surface area contributed by atoms with E-state index >= 15 is 0 Å². The van der Waals surface area contributed by atoms with Gasteiger partial charge in [-0.2, -0.15) is 0 Å². The molecule has 0 aliphatic heterocycles. The summed E-state index contributed by atoms with van der Waals surface area (Å²) in [6.45, 7) is 3.86. The second-order valence-electron chi connectivity index (χ2n) is 3.59.